The van der Waals surface area contributed by atoms with Crippen LogP contribution in [0.5, 0.6) is 0 Å². The van der Waals surface area contributed by atoms with Crippen LogP contribution in [-0.4, -0.2) is 0 Å². The van der Waals surface area contributed by atoms with Gasteiger partial charge in [-0.3, -0.25) is 11.3 Å². The second-order valence-corrected chi connectivity index (χ2v) is 4.50. The lowest BCUT2D eigenvalue weighted by Gasteiger charge is -2.16. The van der Waals surface area contributed by atoms with Gasteiger partial charge in [0.15, 0.2) is 0 Å². The predicted octanol–water partition coefficient (Wildman–Crippen LogP) is 2.50. The number of halogens is 2. The molecule has 0 amide bonds. The number of hydrogen-bond donors (Lipinski definition) is 2. The second kappa shape index (κ2) is 3.96. The molecular formula is C10H12BrFN2. The third-order valence-electron chi connectivity index (χ3n) is 2.57. The van der Waals surface area contributed by atoms with Gasteiger partial charge in [-0.05, 0) is 36.5 Å². The average Bonchev–Trinajstić information content (AvgIpc) is 2.93. The normalized spacial score (nSPS) is 18.2. The van der Waals surface area contributed by atoms with Crippen molar-refractivity contribution in [2.75, 3.05) is 0 Å². The third-order valence-corrected chi connectivity index (χ3v) is 3.26. The van der Waals surface area contributed by atoms with Gasteiger partial charge in [-0.25, -0.2) is 4.39 Å². The fourth-order valence-corrected chi connectivity index (χ4v) is 2.26. The van der Waals surface area contributed by atoms with Crippen molar-refractivity contribution < 1.29 is 4.39 Å². The minimum atomic E-state index is -0.229. The molecule has 1 aromatic rings. The molecule has 0 radical (unpaired) electrons. The van der Waals surface area contributed by atoms with E-state index in [0.717, 1.165) is 10.0 Å². The Morgan fingerprint density at radius 3 is 2.71 bits per heavy atom. The first-order chi connectivity index (χ1) is 6.72. The maximum absolute atomic E-state index is 12.8. The SMILES string of the molecule is NNC(c1ccc(F)cc1Br)C1CC1. The topological polar surface area (TPSA) is 38.0 Å². The van der Waals surface area contributed by atoms with E-state index in [0.29, 0.717) is 5.92 Å². The summed E-state index contributed by atoms with van der Waals surface area (Å²) >= 11 is 3.35. The van der Waals surface area contributed by atoms with E-state index < -0.39 is 0 Å². The van der Waals surface area contributed by atoms with Crippen LogP contribution in [0.2, 0.25) is 0 Å². The van der Waals surface area contributed by atoms with Crippen molar-refractivity contribution in [1.82, 2.24) is 5.43 Å². The number of rotatable bonds is 3. The van der Waals surface area contributed by atoms with E-state index in [-0.39, 0.29) is 11.9 Å². The summed E-state index contributed by atoms with van der Waals surface area (Å²) < 4.78 is 13.6. The monoisotopic (exact) mass is 258 g/mol. The van der Waals surface area contributed by atoms with Crippen molar-refractivity contribution in [3.8, 4) is 0 Å². The molecule has 4 heteroatoms. The van der Waals surface area contributed by atoms with Crippen LogP contribution in [0.1, 0.15) is 24.4 Å². The van der Waals surface area contributed by atoms with E-state index >= 15 is 0 Å². The summed E-state index contributed by atoms with van der Waals surface area (Å²) in [5, 5.41) is 0. The summed E-state index contributed by atoms with van der Waals surface area (Å²) in [6, 6.07) is 4.86. The van der Waals surface area contributed by atoms with Crippen molar-refractivity contribution >= 4 is 15.9 Å². The molecule has 1 fully saturated rings. The number of benzene rings is 1. The van der Waals surface area contributed by atoms with Crippen LogP contribution in [0.15, 0.2) is 22.7 Å². The van der Waals surface area contributed by atoms with Gasteiger partial charge in [0.25, 0.3) is 0 Å². The molecule has 1 aliphatic rings. The summed E-state index contributed by atoms with van der Waals surface area (Å²) in [6.45, 7) is 0. The highest BCUT2D eigenvalue weighted by atomic mass is 79.9. The first kappa shape index (κ1) is 10.1. The van der Waals surface area contributed by atoms with Crippen LogP contribution in [0.4, 0.5) is 4.39 Å². The van der Waals surface area contributed by atoms with E-state index in [1.54, 1.807) is 6.07 Å². The summed E-state index contributed by atoms with van der Waals surface area (Å²) in [7, 11) is 0. The minimum absolute atomic E-state index is 0.143. The van der Waals surface area contributed by atoms with E-state index in [2.05, 4.69) is 21.4 Å². The fourth-order valence-electron chi connectivity index (χ4n) is 1.66. The lowest BCUT2D eigenvalue weighted by atomic mass is 10.0. The predicted molar refractivity (Wildman–Crippen MR) is 56.9 cm³/mol. The van der Waals surface area contributed by atoms with Gasteiger partial charge in [0.1, 0.15) is 5.82 Å². The molecule has 3 N–H and O–H groups in total. The van der Waals surface area contributed by atoms with Gasteiger partial charge < -0.3 is 0 Å². The average molecular weight is 259 g/mol. The number of nitrogens with one attached hydrogen (secondary N) is 1. The van der Waals surface area contributed by atoms with Gasteiger partial charge in [-0.2, -0.15) is 0 Å². The maximum Gasteiger partial charge on any atom is 0.124 e. The first-order valence-corrected chi connectivity index (χ1v) is 5.42. The van der Waals surface area contributed by atoms with Gasteiger partial charge >= 0.3 is 0 Å². The van der Waals surface area contributed by atoms with Gasteiger partial charge in [0.05, 0.1) is 0 Å². The second-order valence-electron chi connectivity index (χ2n) is 3.65. The molecule has 0 saturated heterocycles. The van der Waals surface area contributed by atoms with Gasteiger partial charge in [0, 0.05) is 10.5 Å². The summed E-state index contributed by atoms with van der Waals surface area (Å²) in [5.41, 5.74) is 3.83. The molecule has 0 spiro atoms. The van der Waals surface area contributed by atoms with Crippen LogP contribution in [0, 0.1) is 11.7 Å². The molecule has 76 valence electrons. The molecule has 1 atom stereocenters. The van der Waals surface area contributed by atoms with Crippen molar-refractivity contribution in [3.63, 3.8) is 0 Å². The zero-order valence-corrected chi connectivity index (χ0v) is 9.22. The van der Waals surface area contributed by atoms with E-state index in [9.17, 15) is 4.39 Å². The lowest BCUT2D eigenvalue weighted by molar-refractivity contribution is 0.493. The largest absolute Gasteiger partial charge is 0.271 e. The molecule has 0 bridgehead atoms. The number of hydrogen-bond acceptors (Lipinski definition) is 2. The van der Waals surface area contributed by atoms with Crippen LogP contribution in [0.25, 0.3) is 0 Å². The molecule has 2 nitrogen and oxygen atoms in total. The number of hydrazine groups is 1. The standard InChI is InChI=1S/C10H12BrFN2/c11-9-5-7(12)3-4-8(9)10(14-13)6-1-2-6/h3-6,10,14H,1-2,13H2. The Bertz CT molecular complexity index is 339. The Hall–Kier alpha value is -0.450. The molecule has 0 heterocycles. The molecule has 0 aliphatic heterocycles. The minimum Gasteiger partial charge on any atom is -0.271 e. The number of nitrogens with two attached hydrogens (primary N) is 1. The molecule has 14 heavy (non-hydrogen) atoms. The van der Waals surface area contributed by atoms with Crippen molar-refractivity contribution in [3.05, 3.63) is 34.1 Å². The van der Waals surface area contributed by atoms with Crippen LogP contribution >= 0.6 is 15.9 Å². The Kier molecular flexibility index (Phi) is 2.85. The van der Waals surface area contributed by atoms with Gasteiger partial charge in [-0.1, -0.05) is 22.0 Å². The lowest BCUT2D eigenvalue weighted by Crippen LogP contribution is -2.29. The van der Waals surface area contributed by atoms with Crippen LogP contribution in [-0.2, 0) is 0 Å². The maximum atomic E-state index is 12.8. The Labute approximate surface area is 90.8 Å². The third kappa shape index (κ3) is 1.97. The Balaban J connectivity index is 2.29. The Morgan fingerprint density at radius 2 is 2.21 bits per heavy atom. The smallest absolute Gasteiger partial charge is 0.124 e. The fraction of sp³-hybridized carbons (Fsp3) is 0.400. The van der Waals surface area contributed by atoms with E-state index in [1.165, 1.54) is 25.0 Å². The molecular weight excluding hydrogens is 247 g/mol. The summed E-state index contributed by atoms with van der Waals surface area (Å²) in [6.07, 6.45) is 2.39. The highest BCUT2D eigenvalue weighted by molar-refractivity contribution is 9.10. The van der Waals surface area contributed by atoms with E-state index in [4.69, 9.17) is 5.84 Å². The van der Waals surface area contributed by atoms with Crippen LogP contribution < -0.4 is 11.3 Å². The molecule has 1 saturated carbocycles. The van der Waals surface area contributed by atoms with Crippen molar-refractivity contribution in [2.24, 2.45) is 11.8 Å². The van der Waals surface area contributed by atoms with Crippen molar-refractivity contribution in [2.45, 2.75) is 18.9 Å². The van der Waals surface area contributed by atoms with Gasteiger partial charge in [-0.15, -0.1) is 0 Å². The molecule has 2 rings (SSSR count). The molecule has 1 aromatic carbocycles. The summed E-state index contributed by atoms with van der Waals surface area (Å²) in [4.78, 5) is 0. The molecule has 1 unspecified atom stereocenters. The highest BCUT2D eigenvalue weighted by Crippen LogP contribution is 2.42. The quantitative estimate of drug-likeness (QED) is 0.646. The van der Waals surface area contributed by atoms with Crippen LogP contribution in [0.3, 0.4) is 0 Å². The first-order valence-electron chi connectivity index (χ1n) is 4.63. The summed E-state index contributed by atoms with van der Waals surface area (Å²) in [5.74, 6) is 5.86. The highest BCUT2D eigenvalue weighted by Gasteiger charge is 2.32. The van der Waals surface area contributed by atoms with Crippen molar-refractivity contribution in [1.29, 1.82) is 0 Å². The molecule has 1 aliphatic carbocycles. The molecule has 0 aromatic heterocycles. The Morgan fingerprint density at radius 1 is 1.50 bits per heavy atom. The van der Waals surface area contributed by atoms with E-state index in [1.807, 2.05) is 0 Å². The zero-order valence-electron chi connectivity index (χ0n) is 7.63. The zero-order chi connectivity index (χ0) is 10.1. The van der Waals surface area contributed by atoms with Gasteiger partial charge in [0.2, 0.25) is 0 Å².